The molecule has 1 aromatic carbocycles. The molecule has 0 aliphatic heterocycles. The third-order valence-corrected chi connectivity index (χ3v) is 3.77. The van der Waals surface area contributed by atoms with E-state index < -0.39 is 0 Å². The number of nitrogens with two attached hydrogens (primary N) is 1. The summed E-state index contributed by atoms with van der Waals surface area (Å²) < 4.78 is 10.5. The maximum atomic E-state index is 11.3. The van der Waals surface area contributed by atoms with Crippen molar-refractivity contribution in [1.82, 2.24) is 4.98 Å². The number of carbonyl (C=O) groups excluding carboxylic acids is 1. The van der Waals surface area contributed by atoms with Gasteiger partial charge >= 0.3 is 0 Å². The summed E-state index contributed by atoms with van der Waals surface area (Å²) in [5, 5.41) is 3.20. The fraction of sp³-hybridized carbons (Fsp3) is 0.286. The summed E-state index contributed by atoms with van der Waals surface area (Å²) in [7, 11) is 3.18. The van der Waals surface area contributed by atoms with Crippen LogP contribution in [0.15, 0.2) is 18.2 Å². The number of aryl methyl sites for hydroxylation is 1. The van der Waals surface area contributed by atoms with Crippen LogP contribution in [0.2, 0.25) is 0 Å². The van der Waals surface area contributed by atoms with Crippen LogP contribution in [0.25, 0.3) is 11.3 Å². The topological polar surface area (TPSA) is 86.5 Å². The van der Waals surface area contributed by atoms with Gasteiger partial charge in [-0.1, -0.05) is 0 Å². The van der Waals surface area contributed by atoms with Gasteiger partial charge < -0.3 is 20.5 Å². The van der Waals surface area contributed by atoms with E-state index in [4.69, 9.17) is 15.2 Å². The Hall–Kier alpha value is -2.12. The van der Waals surface area contributed by atoms with Crippen molar-refractivity contribution in [3.8, 4) is 22.8 Å². The fourth-order valence-corrected chi connectivity index (χ4v) is 2.72. The summed E-state index contributed by atoms with van der Waals surface area (Å²) in [5.41, 5.74) is 6.98. The average molecular weight is 307 g/mol. The molecule has 3 N–H and O–H groups in total. The Kier molecular flexibility index (Phi) is 4.77. The van der Waals surface area contributed by atoms with Crippen LogP contribution in [0.4, 0.5) is 5.13 Å². The maximum Gasteiger partial charge on any atom is 0.239 e. The normalized spacial score (nSPS) is 10.3. The fourth-order valence-electron chi connectivity index (χ4n) is 1.87. The molecule has 21 heavy (non-hydrogen) atoms. The summed E-state index contributed by atoms with van der Waals surface area (Å²) in [6.07, 6.45) is 0. The smallest absolute Gasteiger partial charge is 0.239 e. The van der Waals surface area contributed by atoms with E-state index in [1.165, 1.54) is 11.3 Å². The van der Waals surface area contributed by atoms with Crippen molar-refractivity contribution < 1.29 is 14.3 Å². The van der Waals surface area contributed by atoms with Gasteiger partial charge in [0, 0.05) is 10.4 Å². The number of nitrogens with one attached hydrogen (secondary N) is 1. The first kappa shape index (κ1) is 15.3. The molecule has 1 heterocycles. The van der Waals surface area contributed by atoms with Crippen molar-refractivity contribution in [2.75, 3.05) is 26.1 Å². The first-order valence-electron chi connectivity index (χ1n) is 6.28. The largest absolute Gasteiger partial charge is 0.493 e. The number of rotatable bonds is 5. The zero-order valence-electron chi connectivity index (χ0n) is 12.1. The minimum Gasteiger partial charge on any atom is -0.493 e. The van der Waals surface area contributed by atoms with Crippen LogP contribution >= 0.6 is 11.3 Å². The summed E-state index contributed by atoms with van der Waals surface area (Å²) in [6, 6.07) is 5.58. The van der Waals surface area contributed by atoms with Crippen LogP contribution in [0.1, 0.15) is 4.88 Å². The third-order valence-electron chi connectivity index (χ3n) is 2.89. The van der Waals surface area contributed by atoms with Crippen LogP contribution in [-0.2, 0) is 4.79 Å². The molecule has 0 aliphatic carbocycles. The quantitative estimate of drug-likeness (QED) is 0.882. The Morgan fingerprint density at radius 3 is 2.67 bits per heavy atom. The molecule has 0 radical (unpaired) electrons. The van der Waals surface area contributed by atoms with Gasteiger partial charge in [-0.3, -0.25) is 4.79 Å². The van der Waals surface area contributed by atoms with Crippen molar-refractivity contribution in [3.63, 3.8) is 0 Å². The van der Waals surface area contributed by atoms with Crippen LogP contribution in [0.3, 0.4) is 0 Å². The van der Waals surface area contributed by atoms with Gasteiger partial charge in [-0.05, 0) is 25.1 Å². The molecule has 2 aromatic rings. The van der Waals surface area contributed by atoms with E-state index in [2.05, 4.69) is 10.3 Å². The molecule has 7 heteroatoms. The highest BCUT2D eigenvalue weighted by Gasteiger charge is 2.13. The Morgan fingerprint density at radius 2 is 2.05 bits per heavy atom. The van der Waals surface area contributed by atoms with E-state index in [1.54, 1.807) is 14.2 Å². The predicted octanol–water partition coefficient (Wildman–Crippen LogP) is 2.03. The number of ether oxygens (including phenoxy) is 2. The number of hydrogen-bond acceptors (Lipinski definition) is 6. The molecule has 2 rings (SSSR count). The van der Waals surface area contributed by atoms with Crippen LogP contribution < -0.4 is 20.5 Å². The minimum absolute atomic E-state index is 0.0652. The second-order valence-corrected chi connectivity index (χ2v) is 5.45. The molecule has 0 aliphatic rings. The van der Waals surface area contributed by atoms with E-state index in [0.717, 1.165) is 16.1 Å². The summed E-state index contributed by atoms with van der Waals surface area (Å²) in [6.45, 7) is 1.88. The lowest BCUT2D eigenvalue weighted by molar-refractivity contribution is -0.114. The molecule has 0 unspecified atom stereocenters. The highest BCUT2D eigenvalue weighted by atomic mass is 32.1. The number of carbonyl (C=O) groups is 1. The number of aromatic nitrogens is 1. The van der Waals surface area contributed by atoms with E-state index in [0.29, 0.717) is 16.6 Å². The molecule has 112 valence electrons. The number of nitrogens with zero attached hydrogens (tertiary/aromatic N) is 1. The van der Waals surface area contributed by atoms with Crippen molar-refractivity contribution >= 4 is 22.4 Å². The monoisotopic (exact) mass is 307 g/mol. The standard InChI is InChI=1S/C14H17N3O3S/c1-8-13(17-14(21-8)16-12(18)7-15)9-4-5-10(19-2)11(6-9)20-3/h4-6H,7,15H2,1-3H3,(H,16,17,18). The SMILES string of the molecule is COc1ccc(-c2nc(NC(=O)CN)sc2C)cc1OC. The molecule has 0 fully saturated rings. The molecule has 0 saturated carbocycles. The molecule has 1 aromatic heterocycles. The lowest BCUT2D eigenvalue weighted by atomic mass is 10.1. The van der Waals surface area contributed by atoms with E-state index >= 15 is 0 Å². The first-order valence-corrected chi connectivity index (χ1v) is 7.10. The first-order chi connectivity index (χ1) is 10.1. The van der Waals surface area contributed by atoms with E-state index in [1.807, 2.05) is 25.1 Å². The van der Waals surface area contributed by atoms with Crippen molar-refractivity contribution in [2.24, 2.45) is 5.73 Å². The van der Waals surface area contributed by atoms with Gasteiger partial charge in [-0.2, -0.15) is 0 Å². The van der Waals surface area contributed by atoms with Gasteiger partial charge in [0.05, 0.1) is 26.5 Å². The molecule has 1 amide bonds. The zero-order valence-corrected chi connectivity index (χ0v) is 12.9. The molecular weight excluding hydrogens is 290 g/mol. The Balaban J connectivity index is 2.35. The van der Waals surface area contributed by atoms with Crippen LogP contribution in [0.5, 0.6) is 11.5 Å². The van der Waals surface area contributed by atoms with Crippen LogP contribution in [-0.4, -0.2) is 31.7 Å². The van der Waals surface area contributed by atoms with Crippen LogP contribution in [0, 0.1) is 6.92 Å². The lowest BCUT2D eigenvalue weighted by Crippen LogP contribution is -2.21. The lowest BCUT2D eigenvalue weighted by Gasteiger charge is -2.08. The maximum absolute atomic E-state index is 11.3. The van der Waals surface area contributed by atoms with Gasteiger partial charge in [-0.15, -0.1) is 11.3 Å². The van der Waals surface area contributed by atoms with Gasteiger partial charge in [-0.25, -0.2) is 4.98 Å². The molecule has 0 bridgehead atoms. The van der Waals surface area contributed by atoms with Gasteiger partial charge in [0.25, 0.3) is 0 Å². The second-order valence-electron chi connectivity index (χ2n) is 4.25. The van der Waals surface area contributed by atoms with Crippen molar-refractivity contribution in [3.05, 3.63) is 23.1 Å². The number of thiazole rings is 1. The molecule has 0 spiro atoms. The molecule has 0 atom stereocenters. The zero-order chi connectivity index (χ0) is 15.4. The second kappa shape index (κ2) is 6.55. The van der Waals surface area contributed by atoms with E-state index in [-0.39, 0.29) is 12.5 Å². The highest BCUT2D eigenvalue weighted by molar-refractivity contribution is 7.16. The van der Waals surface area contributed by atoms with Gasteiger partial charge in [0.2, 0.25) is 5.91 Å². The van der Waals surface area contributed by atoms with Crippen molar-refractivity contribution in [1.29, 1.82) is 0 Å². The number of methoxy groups -OCH3 is 2. The Labute approximate surface area is 126 Å². The summed E-state index contributed by atoms with van der Waals surface area (Å²) in [4.78, 5) is 16.7. The van der Waals surface area contributed by atoms with Crippen molar-refractivity contribution in [2.45, 2.75) is 6.92 Å². The number of hydrogen-bond donors (Lipinski definition) is 2. The van der Waals surface area contributed by atoms with E-state index in [9.17, 15) is 4.79 Å². The third kappa shape index (κ3) is 3.32. The number of amides is 1. The Morgan fingerprint density at radius 1 is 1.33 bits per heavy atom. The predicted molar refractivity (Wildman–Crippen MR) is 83.1 cm³/mol. The number of anilines is 1. The average Bonchev–Trinajstić information content (AvgIpc) is 2.86. The minimum atomic E-state index is -0.261. The summed E-state index contributed by atoms with van der Waals surface area (Å²) >= 11 is 1.41. The Bertz CT molecular complexity index is 655. The molecule has 6 nitrogen and oxygen atoms in total. The summed E-state index contributed by atoms with van der Waals surface area (Å²) in [5.74, 6) is 1.03. The highest BCUT2D eigenvalue weighted by Crippen LogP contribution is 2.35. The molecular formula is C14H17N3O3S. The number of benzene rings is 1. The van der Waals surface area contributed by atoms with Gasteiger partial charge in [0.15, 0.2) is 16.6 Å². The van der Waals surface area contributed by atoms with Gasteiger partial charge in [0.1, 0.15) is 0 Å². The molecule has 0 saturated heterocycles.